The van der Waals surface area contributed by atoms with Crippen LogP contribution in [0.3, 0.4) is 0 Å². The highest BCUT2D eigenvalue weighted by molar-refractivity contribution is 5.43. The quantitative estimate of drug-likeness (QED) is 0.636. The van der Waals surface area contributed by atoms with Gasteiger partial charge >= 0.3 is 0 Å². The van der Waals surface area contributed by atoms with Crippen LogP contribution in [0.25, 0.3) is 0 Å². The molecule has 1 aromatic carbocycles. The summed E-state index contributed by atoms with van der Waals surface area (Å²) >= 11 is 0. The predicted molar refractivity (Wildman–Crippen MR) is 110 cm³/mol. The van der Waals surface area contributed by atoms with Gasteiger partial charge in [-0.1, -0.05) is 93.8 Å². The van der Waals surface area contributed by atoms with Crippen LogP contribution in [0.2, 0.25) is 0 Å². The van der Waals surface area contributed by atoms with Gasteiger partial charge in [0.25, 0.3) is 0 Å². The van der Waals surface area contributed by atoms with Gasteiger partial charge in [0.15, 0.2) is 0 Å². The van der Waals surface area contributed by atoms with E-state index in [0.717, 1.165) is 6.54 Å². The maximum absolute atomic E-state index is 3.83. The van der Waals surface area contributed by atoms with Crippen LogP contribution in [-0.4, -0.2) is 12.6 Å². The fraction of sp³-hybridized carbons (Fsp3) is 0.565. The van der Waals surface area contributed by atoms with Crippen molar-refractivity contribution >= 4 is 5.69 Å². The topological polar surface area (TPSA) is 15.3 Å². The smallest absolute Gasteiger partial charge is 0.0519 e. The minimum absolute atomic E-state index is 0.599. The Morgan fingerprint density at radius 2 is 1.16 bits per heavy atom. The second-order valence-electron chi connectivity index (χ2n) is 7.08. The van der Waals surface area contributed by atoms with Gasteiger partial charge in [-0.05, 0) is 31.9 Å². The van der Waals surface area contributed by atoms with Gasteiger partial charge in [-0.2, -0.15) is 0 Å². The minimum Gasteiger partial charge on any atom is -0.308 e. The van der Waals surface area contributed by atoms with Crippen molar-refractivity contribution in [2.24, 2.45) is 0 Å². The summed E-state index contributed by atoms with van der Waals surface area (Å²) in [6, 6.07) is 19.6. The zero-order valence-corrected chi connectivity index (χ0v) is 16.0. The first-order valence-corrected chi connectivity index (χ1v) is 10.3. The van der Waals surface area contributed by atoms with E-state index in [9.17, 15) is 0 Å². The van der Waals surface area contributed by atoms with E-state index in [1.807, 2.05) is 0 Å². The zero-order valence-electron chi connectivity index (χ0n) is 16.0. The number of hydrazine groups is 1. The Morgan fingerprint density at radius 3 is 1.64 bits per heavy atom. The van der Waals surface area contributed by atoms with Crippen molar-refractivity contribution in [1.82, 2.24) is 5.43 Å². The summed E-state index contributed by atoms with van der Waals surface area (Å²) in [6.07, 6.45) is 13.8. The Hall–Kier alpha value is -1.54. The Bertz CT molecular complexity index is 476. The lowest BCUT2D eigenvalue weighted by atomic mass is 10.0. The average molecular weight is 341 g/mol. The van der Waals surface area contributed by atoms with Crippen LogP contribution >= 0.6 is 0 Å². The summed E-state index contributed by atoms with van der Waals surface area (Å²) < 4.78 is 0. The molecular weight excluding hydrogens is 304 g/mol. The molecule has 2 rings (SSSR count). The summed E-state index contributed by atoms with van der Waals surface area (Å²) in [6.45, 7) is 3.20. The van der Waals surface area contributed by atoms with E-state index in [1.165, 1.54) is 69.9 Å². The predicted octanol–water partition coefficient (Wildman–Crippen LogP) is 6.43. The maximum atomic E-state index is 3.83. The molecule has 1 fully saturated rings. The van der Waals surface area contributed by atoms with Crippen molar-refractivity contribution in [3.63, 3.8) is 0 Å². The van der Waals surface area contributed by atoms with Gasteiger partial charge in [-0.3, -0.25) is 0 Å². The molecular formula is C23H36N2. The van der Waals surface area contributed by atoms with E-state index >= 15 is 0 Å². The highest BCUT2D eigenvalue weighted by Gasteiger charge is 2.13. The molecule has 0 bridgehead atoms. The van der Waals surface area contributed by atoms with E-state index in [4.69, 9.17) is 0 Å². The van der Waals surface area contributed by atoms with Gasteiger partial charge in [0, 0.05) is 12.6 Å². The molecule has 1 N–H and O–H groups in total. The molecule has 0 radical (unpaired) electrons. The van der Waals surface area contributed by atoms with Crippen molar-refractivity contribution in [2.75, 3.05) is 11.6 Å². The second-order valence-corrected chi connectivity index (χ2v) is 7.08. The number of nitrogens with one attached hydrogen (secondary N) is 1. The summed E-state index contributed by atoms with van der Waals surface area (Å²) in [4.78, 5) is 0. The minimum atomic E-state index is 0.599. The normalized spacial score (nSPS) is 17.2. The maximum Gasteiger partial charge on any atom is 0.0519 e. The van der Waals surface area contributed by atoms with Crippen LogP contribution in [0.5, 0.6) is 0 Å². The molecule has 138 valence electrons. The van der Waals surface area contributed by atoms with Crippen LogP contribution in [0, 0.1) is 0 Å². The van der Waals surface area contributed by atoms with Crippen LogP contribution in [0.1, 0.15) is 71.1 Å². The molecule has 0 aromatic heterocycles. The SMILES string of the molecule is CCN(NC1CCCCCCCCCC1)c1ccccccccc1. The molecule has 1 saturated carbocycles. The Labute approximate surface area is 154 Å². The summed E-state index contributed by atoms with van der Waals surface area (Å²) in [5.41, 5.74) is 5.06. The molecule has 2 heteroatoms. The highest BCUT2D eigenvalue weighted by atomic mass is 15.5. The van der Waals surface area contributed by atoms with Crippen LogP contribution in [-0.2, 0) is 0 Å². The number of hydrogen-bond acceptors (Lipinski definition) is 2. The van der Waals surface area contributed by atoms with Crippen LogP contribution in [0.15, 0.2) is 54.6 Å². The first-order chi connectivity index (χ1) is 12.4. The molecule has 25 heavy (non-hydrogen) atoms. The summed E-state index contributed by atoms with van der Waals surface area (Å²) in [5, 5.41) is 2.32. The van der Waals surface area contributed by atoms with E-state index in [2.05, 4.69) is 72.0 Å². The van der Waals surface area contributed by atoms with Gasteiger partial charge < -0.3 is 5.01 Å². The lowest BCUT2D eigenvalue weighted by molar-refractivity contribution is 0.411. The molecule has 1 aliphatic carbocycles. The summed E-state index contributed by atoms with van der Waals surface area (Å²) in [7, 11) is 0. The third-order valence-corrected chi connectivity index (χ3v) is 5.02. The zero-order chi connectivity index (χ0) is 17.6. The largest absolute Gasteiger partial charge is 0.308 e. The van der Waals surface area contributed by atoms with Gasteiger partial charge in [-0.15, -0.1) is 0 Å². The lowest BCUT2D eigenvalue weighted by Crippen LogP contribution is -2.45. The van der Waals surface area contributed by atoms with E-state index < -0.39 is 0 Å². The Kier molecular flexibility index (Phi) is 10.1. The van der Waals surface area contributed by atoms with Crippen molar-refractivity contribution in [2.45, 2.75) is 77.2 Å². The van der Waals surface area contributed by atoms with Gasteiger partial charge in [-0.25, -0.2) is 5.43 Å². The molecule has 0 spiro atoms. The number of hydrogen-bond donors (Lipinski definition) is 1. The number of rotatable bonds is 4. The van der Waals surface area contributed by atoms with Crippen molar-refractivity contribution in [3.8, 4) is 0 Å². The number of anilines is 1. The van der Waals surface area contributed by atoms with Gasteiger partial charge in [0.2, 0.25) is 0 Å². The van der Waals surface area contributed by atoms with E-state index in [1.54, 1.807) is 0 Å². The molecule has 1 aromatic rings. The van der Waals surface area contributed by atoms with Crippen LogP contribution < -0.4 is 10.4 Å². The van der Waals surface area contributed by atoms with E-state index in [0.29, 0.717) is 6.04 Å². The lowest BCUT2D eigenvalue weighted by Gasteiger charge is -2.30. The average Bonchev–Trinajstić information content (AvgIpc) is 2.70. The molecule has 0 amide bonds. The summed E-state index contributed by atoms with van der Waals surface area (Å²) in [5.74, 6) is 0. The Balaban J connectivity index is 2.05. The highest BCUT2D eigenvalue weighted by Crippen LogP contribution is 2.18. The first-order valence-electron chi connectivity index (χ1n) is 10.3. The second kappa shape index (κ2) is 12.8. The van der Waals surface area contributed by atoms with Crippen LogP contribution in [0.4, 0.5) is 5.69 Å². The standard InChI is InChI=1S/C23H36N2/c1-2-25(23-20-16-12-8-5-9-13-17-21-23)24-22-18-14-10-6-3-4-7-11-15-19-22/h5,8-9,12-13,16-17,20-22,24H,2-4,6-7,10-11,14-15,18-19H2,1H3. The third-order valence-electron chi connectivity index (χ3n) is 5.02. The molecule has 0 saturated heterocycles. The fourth-order valence-electron chi connectivity index (χ4n) is 3.55. The van der Waals surface area contributed by atoms with Gasteiger partial charge in [0.05, 0.1) is 5.69 Å². The monoisotopic (exact) mass is 340 g/mol. The van der Waals surface area contributed by atoms with Crippen molar-refractivity contribution in [3.05, 3.63) is 54.6 Å². The molecule has 0 atom stereocenters. The fourth-order valence-corrected chi connectivity index (χ4v) is 3.55. The molecule has 0 unspecified atom stereocenters. The molecule has 0 heterocycles. The van der Waals surface area contributed by atoms with Crippen molar-refractivity contribution < 1.29 is 0 Å². The molecule has 0 aliphatic heterocycles. The molecule has 2 nitrogen and oxygen atoms in total. The molecule has 1 aliphatic rings. The first kappa shape index (κ1) is 19.8. The number of nitrogens with zero attached hydrogens (tertiary/aromatic N) is 1. The van der Waals surface area contributed by atoms with Crippen molar-refractivity contribution in [1.29, 1.82) is 0 Å². The van der Waals surface area contributed by atoms with Gasteiger partial charge in [0.1, 0.15) is 0 Å². The van der Waals surface area contributed by atoms with E-state index in [-0.39, 0.29) is 0 Å². The Morgan fingerprint density at radius 1 is 0.720 bits per heavy atom. The third kappa shape index (κ3) is 8.40.